The maximum atomic E-state index is 9.60. The molecule has 0 spiro atoms. The molecule has 7 nitrogen and oxygen atoms in total. The van der Waals surface area contributed by atoms with Gasteiger partial charge in [0.1, 0.15) is 12.2 Å². The number of epoxide rings is 2. The summed E-state index contributed by atoms with van der Waals surface area (Å²) in [5, 5.41) is 15.8. The molecule has 2 aromatic rings. The van der Waals surface area contributed by atoms with Gasteiger partial charge in [0.25, 0.3) is 0 Å². The Hall–Kier alpha value is -3.26. The first-order valence-corrected chi connectivity index (χ1v) is 10.4. The van der Waals surface area contributed by atoms with Crippen molar-refractivity contribution in [2.24, 2.45) is 0 Å². The molecule has 0 radical (unpaired) electrons. The number of hydrogen-bond acceptors (Lipinski definition) is 5. The SMILES string of the molecule is C(OCC1CO1)C1CO1.C=C(C)C(=O)O.C=C(C)C(=O)O.c1ccc(-c2ccccc2)cc1. The summed E-state index contributed by atoms with van der Waals surface area (Å²) in [5.41, 5.74) is 2.90. The van der Waals surface area contributed by atoms with Crippen LogP contribution in [0.4, 0.5) is 0 Å². The van der Waals surface area contributed by atoms with E-state index in [9.17, 15) is 9.59 Å². The number of ether oxygens (including phenoxy) is 3. The maximum absolute atomic E-state index is 9.60. The van der Waals surface area contributed by atoms with Crippen LogP contribution in [-0.2, 0) is 23.8 Å². The maximum Gasteiger partial charge on any atom is 0.330 e. The van der Waals surface area contributed by atoms with E-state index >= 15 is 0 Å². The Bertz CT molecular complexity index is 773. The van der Waals surface area contributed by atoms with Crippen molar-refractivity contribution in [3.05, 3.63) is 85.0 Å². The minimum Gasteiger partial charge on any atom is -0.478 e. The molecule has 0 aliphatic carbocycles. The van der Waals surface area contributed by atoms with Gasteiger partial charge in [-0.25, -0.2) is 9.59 Å². The van der Waals surface area contributed by atoms with Gasteiger partial charge in [-0.1, -0.05) is 73.8 Å². The fraction of sp³-hybridized carbons (Fsp3) is 0.308. The normalized spacial score (nSPS) is 16.8. The summed E-state index contributed by atoms with van der Waals surface area (Å²) in [4.78, 5) is 19.2. The summed E-state index contributed by atoms with van der Waals surface area (Å²) in [6.45, 7) is 12.5. The lowest BCUT2D eigenvalue weighted by Gasteiger charge is -1.98. The smallest absolute Gasteiger partial charge is 0.330 e. The molecule has 0 amide bonds. The lowest BCUT2D eigenvalue weighted by Crippen LogP contribution is -2.06. The summed E-state index contributed by atoms with van der Waals surface area (Å²) in [5.74, 6) is -1.87. The Morgan fingerprint density at radius 1 is 0.788 bits per heavy atom. The molecule has 2 atom stereocenters. The fourth-order valence-electron chi connectivity index (χ4n) is 1.92. The molecule has 33 heavy (non-hydrogen) atoms. The number of hydrogen-bond donors (Lipinski definition) is 2. The number of carbonyl (C=O) groups is 2. The highest BCUT2D eigenvalue weighted by Crippen LogP contribution is 2.17. The highest BCUT2D eigenvalue weighted by atomic mass is 16.6. The third-order valence-electron chi connectivity index (χ3n) is 4.02. The summed E-state index contributed by atoms with van der Waals surface area (Å²) in [6, 6.07) is 20.8. The van der Waals surface area contributed by atoms with E-state index in [1.807, 2.05) is 12.1 Å². The quantitative estimate of drug-likeness (QED) is 0.468. The van der Waals surface area contributed by atoms with Crippen LogP contribution in [0.5, 0.6) is 0 Å². The summed E-state index contributed by atoms with van der Waals surface area (Å²) >= 11 is 0. The Balaban J connectivity index is 0.000000232. The van der Waals surface area contributed by atoms with Gasteiger partial charge < -0.3 is 24.4 Å². The van der Waals surface area contributed by atoms with E-state index in [1.54, 1.807) is 0 Å². The first kappa shape index (κ1) is 27.8. The van der Waals surface area contributed by atoms with Crippen molar-refractivity contribution in [2.45, 2.75) is 26.1 Å². The molecule has 178 valence electrons. The molecule has 2 unspecified atom stereocenters. The number of benzene rings is 2. The van der Waals surface area contributed by atoms with Crippen molar-refractivity contribution in [3.8, 4) is 11.1 Å². The van der Waals surface area contributed by atoms with E-state index in [2.05, 4.69) is 61.7 Å². The lowest BCUT2D eigenvalue weighted by atomic mass is 10.1. The van der Waals surface area contributed by atoms with Gasteiger partial charge in [-0.2, -0.15) is 0 Å². The van der Waals surface area contributed by atoms with Crippen LogP contribution in [0.25, 0.3) is 11.1 Å². The molecule has 2 aromatic carbocycles. The van der Waals surface area contributed by atoms with Gasteiger partial charge in [-0.3, -0.25) is 0 Å². The molecule has 2 aliphatic rings. The van der Waals surface area contributed by atoms with E-state index in [-0.39, 0.29) is 11.1 Å². The van der Waals surface area contributed by atoms with Gasteiger partial charge in [-0.05, 0) is 25.0 Å². The monoisotopic (exact) mass is 456 g/mol. The Kier molecular flexibility index (Phi) is 13.1. The van der Waals surface area contributed by atoms with E-state index < -0.39 is 11.9 Å². The van der Waals surface area contributed by atoms with Crippen molar-refractivity contribution in [2.75, 3.05) is 26.4 Å². The minimum atomic E-state index is -0.935. The third kappa shape index (κ3) is 15.2. The van der Waals surface area contributed by atoms with E-state index in [0.717, 1.165) is 26.4 Å². The number of carboxylic acids is 2. The number of aliphatic carboxylic acids is 2. The lowest BCUT2D eigenvalue weighted by molar-refractivity contribution is -0.133. The second-order valence-electron chi connectivity index (χ2n) is 7.35. The van der Waals surface area contributed by atoms with Crippen LogP contribution in [0.2, 0.25) is 0 Å². The van der Waals surface area contributed by atoms with Crippen molar-refractivity contribution in [3.63, 3.8) is 0 Å². The molecule has 2 N–H and O–H groups in total. The highest BCUT2D eigenvalue weighted by Gasteiger charge is 2.26. The highest BCUT2D eigenvalue weighted by molar-refractivity contribution is 5.85. The van der Waals surface area contributed by atoms with Crippen LogP contribution < -0.4 is 0 Å². The van der Waals surface area contributed by atoms with Crippen molar-refractivity contribution in [1.82, 2.24) is 0 Å². The second-order valence-corrected chi connectivity index (χ2v) is 7.35. The molecule has 2 fully saturated rings. The molecular formula is C26H32O7. The first-order valence-electron chi connectivity index (χ1n) is 10.4. The predicted octanol–water partition coefficient (Wildman–Crippen LogP) is 4.45. The van der Waals surface area contributed by atoms with Crippen LogP contribution in [0.3, 0.4) is 0 Å². The average Bonchev–Trinajstić information content (AvgIpc) is 3.73. The van der Waals surface area contributed by atoms with Crippen molar-refractivity contribution in [1.29, 1.82) is 0 Å². The van der Waals surface area contributed by atoms with Gasteiger partial charge in [0.05, 0.1) is 26.4 Å². The average molecular weight is 457 g/mol. The standard InChI is InChI=1S/C12H10.C6H10O3.2C4H6O2/c1-3-7-11(8-4-1)12-9-5-2-6-10-12;1(5-3-8-5)7-2-6-4-9-6;2*1-3(2)4(5)6/h1-10H;5-6H,1-4H2;2*1H2,2H3,(H,5,6). The van der Waals surface area contributed by atoms with Gasteiger partial charge >= 0.3 is 11.9 Å². The zero-order chi connectivity index (χ0) is 24.6. The number of carboxylic acid groups (broad SMARTS) is 2. The van der Waals surface area contributed by atoms with Gasteiger partial charge in [0.15, 0.2) is 0 Å². The Labute approximate surface area is 194 Å². The topological polar surface area (TPSA) is 109 Å². The van der Waals surface area contributed by atoms with Crippen molar-refractivity contribution < 1.29 is 34.0 Å². The van der Waals surface area contributed by atoms with Gasteiger partial charge in [0.2, 0.25) is 0 Å². The van der Waals surface area contributed by atoms with Crippen LogP contribution in [0, 0.1) is 0 Å². The largest absolute Gasteiger partial charge is 0.478 e. The summed E-state index contributed by atoms with van der Waals surface area (Å²) in [7, 11) is 0. The Morgan fingerprint density at radius 3 is 1.27 bits per heavy atom. The van der Waals surface area contributed by atoms with Gasteiger partial charge in [-0.15, -0.1) is 0 Å². The van der Waals surface area contributed by atoms with Crippen LogP contribution in [0.1, 0.15) is 13.8 Å². The molecular weight excluding hydrogens is 424 g/mol. The van der Waals surface area contributed by atoms with Gasteiger partial charge in [0, 0.05) is 11.1 Å². The first-order chi connectivity index (χ1) is 15.7. The van der Waals surface area contributed by atoms with Crippen LogP contribution in [-0.4, -0.2) is 60.8 Å². The Morgan fingerprint density at radius 2 is 1.06 bits per heavy atom. The molecule has 0 saturated carbocycles. The van der Waals surface area contributed by atoms with Crippen molar-refractivity contribution >= 4 is 11.9 Å². The predicted molar refractivity (Wildman–Crippen MR) is 127 cm³/mol. The van der Waals surface area contributed by atoms with E-state index in [0.29, 0.717) is 12.2 Å². The molecule has 2 heterocycles. The molecule has 0 bridgehead atoms. The molecule has 7 heteroatoms. The van der Waals surface area contributed by atoms with E-state index in [1.165, 1.54) is 25.0 Å². The molecule has 2 aliphatic heterocycles. The summed E-state index contributed by atoms with van der Waals surface area (Å²) in [6.07, 6.45) is 0.785. The molecule has 2 saturated heterocycles. The minimum absolute atomic E-state index is 0.176. The van der Waals surface area contributed by atoms with E-state index in [4.69, 9.17) is 24.4 Å². The van der Waals surface area contributed by atoms with Crippen LogP contribution in [0.15, 0.2) is 85.0 Å². The number of rotatable bonds is 7. The zero-order valence-electron chi connectivity index (χ0n) is 19.1. The summed E-state index contributed by atoms with van der Waals surface area (Å²) < 4.78 is 15.1. The van der Waals surface area contributed by atoms with Crippen LogP contribution >= 0.6 is 0 Å². The molecule has 0 aromatic heterocycles. The fourth-order valence-corrected chi connectivity index (χ4v) is 1.92. The second kappa shape index (κ2) is 15.5. The third-order valence-corrected chi connectivity index (χ3v) is 4.02. The zero-order valence-corrected chi connectivity index (χ0v) is 19.1. The molecule has 4 rings (SSSR count).